The molecule has 0 unspecified atom stereocenters. The van der Waals surface area contributed by atoms with Crippen molar-refractivity contribution in [2.75, 3.05) is 17.9 Å². The first-order chi connectivity index (χ1) is 19.7. The zero-order valence-corrected chi connectivity index (χ0v) is 24.6. The van der Waals surface area contributed by atoms with Crippen LogP contribution in [0.3, 0.4) is 0 Å². The Balaban J connectivity index is 1.79. The summed E-state index contributed by atoms with van der Waals surface area (Å²) >= 11 is 12.5. The van der Waals surface area contributed by atoms with Gasteiger partial charge < -0.3 is 10.2 Å². The summed E-state index contributed by atoms with van der Waals surface area (Å²) in [5, 5.41) is 3.08. The van der Waals surface area contributed by atoms with Crippen LogP contribution in [0.15, 0.2) is 114 Å². The van der Waals surface area contributed by atoms with Crippen LogP contribution in [0.25, 0.3) is 0 Å². The number of nitrogens with zero attached hydrogens (tertiary/aromatic N) is 2. The van der Waals surface area contributed by atoms with Crippen LogP contribution in [-0.2, 0) is 32.6 Å². The average molecular weight is 611 g/mol. The van der Waals surface area contributed by atoms with E-state index in [4.69, 9.17) is 23.2 Å². The number of carbonyl (C=O) groups excluding carboxylic acids is 2. The molecule has 10 heteroatoms. The van der Waals surface area contributed by atoms with Crippen molar-refractivity contribution in [2.24, 2.45) is 0 Å². The van der Waals surface area contributed by atoms with Gasteiger partial charge in [-0.3, -0.25) is 13.9 Å². The number of anilines is 1. The van der Waals surface area contributed by atoms with Crippen molar-refractivity contribution >= 4 is 50.7 Å². The molecule has 41 heavy (non-hydrogen) atoms. The van der Waals surface area contributed by atoms with E-state index in [0.717, 1.165) is 15.4 Å². The van der Waals surface area contributed by atoms with Crippen LogP contribution >= 0.6 is 23.2 Å². The number of likely N-dealkylation sites (N-methyl/N-ethyl adjacent to an activating group) is 1. The summed E-state index contributed by atoms with van der Waals surface area (Å²) in [6.45, 7) is -0.511. The third kappa shape index (κ3) is 7.67. The van der Waals surface area contributed by atoms with Crippen LogP contribution in [0.5, 0.6) is 0 Å². The van der Waals surface area contributed by atoms with E-state index in [2.05, 4.69) is 5.32 Å². The van der Waals surface area contributed by atoms with Crippen LogP contribution in [0.2, 0.25) is 10.0 Å². The first-order valence-corrected chi connectivity index (χ1v) is 15.0. The van der Waals surface area contributed by atoms with Crippen molar-refractivity contribution < 1.29 is 18.0 Å². The van der Waals surface area contributed by atoms with Gasteiger partial charge in [-0.2, -0.15) is 0 Å². The van der Waals surface area contributed by atoms with E-state index in [1.807, 2.05) is 60.7 Å². The Kier molecular flexibility index (Phi) is 10.0. The van der Waals surface area contributed by atoms with Crippen molar-refractivity contribution in [3.8, 4) is 0 Å². The fourth-order valence-corrected chi connectivity index (χ4v) is 6.37. The Bertz CT molecular complexity index is 1570. The van der Waals surface area contributed by atoms with Gasteiger partial charge in [0.25, 0.3) is 10.0 Å². The minimum Gasteiger partial charge on any atom is -0.357 e. The Hall–Kier alpha value is -3.85. The quantitative estimate of drug-likeness (QED) is 0.241. The van der Waals surface area contributed by atoms with E-state index in [1.165, 1.54) is 42.3 Å². The van der Waals surface area contributed by atoms with E-state index in [0.29, 0.717) is 0 Å². The summed E-state index contributed by atoms with van der Waals surface area (Å²) in [6, 6.07) is 29.8. The Morgan fingerprint density at radius 3 is 1.83 bits per heavy atom. The van der Waals surface area contributed by atoms with Gasteiger partial charge in [-0.25, -0.2) is 8.42 Å². The van der Waals surface area contributed by atoms with Crippen molar-refractivity contribution in [1.29, 1.82) is 0 Å². The topological polar surface area (TPSA) is 86.8 Å². The monoisotopic (exact) mass is 609 g/mol. The fraction of sp³-hybridized carbons (Fsp3) is 0.161. The summed E-state index contributed by atoms with van der Waals surface area (Å²) in [6.07, 6.45) is 0.230. The molecule has 7 nitrogen and oxygen atoms in total. The highest BCUT2D eigenvalue weighted by atomic mass is 35.5. The van der Waals surface area contributed by atoms with Gasteiger partial charge in [-0.05, 0) is 41.5 Å². The number of hydrogen-bond acceptors (Lipinski definition) is 4. The van der Waals surface area contributed by atoms with Gasteiger partial charge in [-0.15, -0.1) is 0 Å². The fourth-order valence-electron chi connectivity index (χ4n) is 4.43. The molecule has 4 aromatic rings. The van der Waals surface area contributed by atoms with Gasteiger partial charge in [0.1, 0.15) is 12.6 Å². The molecule has 4 rings (SSSR count). The highest BCUT2D eigenvalue weighted by Gasteiger charge is 2.34. The highest BCUT2D eigenvalue weighted by Crippen LogP contribution is 2.30. The third-order valence-electron chi connectivity index (χ3n) is 6.46. The zero-order valence-electron chi connectivity index (χ0n) is 22.3. The van der Waals surface area contributed by atoms with Crippen molar-refractivity contribution in [3.63, 3.8) is 0 Å². The smallest absolute Gasteiger partial charge is 0.264 e. The van der Waals surface area contributed by atoms with Crippen molar-refractivity contribution in [1.82, 2.24) is 10.2 Å². The summed E-state index contributed by atoms with van der Waals surface area (Å²) < 4.78 is 28.8. The average Bonchev–Trinajstić information content (AvgIpc) is 2.98. The number of sulfonamides is 1. The second-order valence-electron chi connectivity index (χ2n) is 9.28. The molecular weight excluding hydrogens is 581 g/mol. The first kappa shape index (κ1) is 30.1. The normalized spacial score (nSPS) is 11.9. The molecule has 2 amide bonds. The van der Waals surface area contributed by atoms with E-state index < -0.39 is 28.5 Å². The minimum absolute atomic E-state index is 0.00866. The summed E-state index contributed by atoms with van der Waals surface area (Å²) in [5.74, 6) is -0.949. The molecule has 4 aromatic carbocycles. The van der Waals surface area contributed by atoms with E-state index in [9.17, 15) is 18.0 Å². The Labute approximate surface area is 250 Å². The molecule has 0 heterocycles. The summed E-state index contributed by atoms with van der Waals surface area (Å²) in [4.78, 5) is 28.9. The SMILES string of the molecule is CNC(=O)[C@@H](Cc1ccccc1)N(Cc1ccccc1)C(=O)CN(c1cc(Cl)cc(Cl)c1)S(=O)(=O)c1ccccc1. The molecule has 0 spiro atoms. The number of carbonyl (C=O) groups is 2. The van der Waals surface area contributed by atoms with Gasteiger partial charge >= 0.3 is 0 Å². The van der Waals surface area contributed by atoms with Crippen molar-refractivity contribution in [2.45, 2.75) is 23.9 Å². The lowest BCUT2D eigenvalue weighted by Gasteiger charge is -2.33. The van der Waals surface area contributed by atoms with Gasteiger partial charge in [0.05, 0.1) is 10.6 Å². The predicted molar refractivity (Wildman–Crippen MR) is 162 cm³/mol. The molecule has 212 valence electrons. The highest BCUT2D eigenvalue weighted by molar-refractivity contribution is 7.92. The third-order valence-corrected chi connectivity index (χ3v) is 8.68. The van der Waals surface area contributed by atoms with Crippen LogP contribution < -0.4 is 9.62 Å². The molecule has 0 bridgehead atoms. The first-order valence-electron chi connectivity index (χ1n) is 12.8. The second-order valence-corrected chi connectivity index (χ2v) is 12.0. The molecule has 0 aliphatic rings. The maximum absolute atomic E-state index is 14.2. The number of halogens is 2. The van der Waals surface area contributed by atoms with Crippen LogP contribution in [-0.4, -0.2) is 44.8 Å². The zero-order chi connectivity index (χ0) is 29.4. The van der Waals surface area contributed by atoms with Crippen molar-refractivity contribution in [3.05, 3.63) is 130 Å². The van der Waals surface area contributed by atoms with E-state index >= 15 is 0 Å². The molecule has 1 N–H and O–H groups in total. The van der Waals surface area contributed by atoms with Gasteiger partial charge in [0.2, 0.25) is 11.8 Å². The molecule has 0 fully saturated rings. The van der Waals surface area contributed by atoms with Crippen LogP contribution in [0, 0.1) is 0 Å². The van der Waals surface area contributed by atoms with Gasteiger partial charge in [-0.1, -0.05) is 102 Å². The standard InChI is InChI=1S/C31H29Cl2N3O4S/c1-34-31(38)29(17-23-11-5-2-6-12-23)35(21-24-13-7-3-8-14-24)30(37)22-36(27-19-25(32)18-26(33)20-27)41(39,40)28-15-9-4-10-16-28/h2-16,18-20,29H,17,21-22H2,1H3,(H,34,38)/t29-/m1/s1. The molecule has 0 saturated carbocycles. The number of hydrogen-bond donors (Lipinski definition) is 1. The molecular formula is C31H29Cl2N3O4S. The van der Waals surface area contributed by atoms with E-state index in [-0.39, 0.29) is 39.5 Å². The van der Waals surface area contributed by atoms with Crippen LogP contribution in [0.1, 0.15) is 11.1 Å². The molecule has 0 saturated heterocycles. The largest absolute Gasteiger partial charge is 0.357 e. The maximum atomic E-state index is 14.2. The van der Waals surface area contributed by atoms with Crippen LogP contribution in [0.4, 0.5) is 5.69 Å². The molecule has 1 atom stereocenters. The van der Waals surface area contributed by atoms with Gasteiger partial charge in [0, 0.05) is 30.1 Å². The summed E-state index contributed by atoms with van der Waals surface area (Å²) in [5.41, 5.74) is 1.76. The lowest BCUT2D eigenvalue weighted by Crippen LogP contribution is -2.53. The molecule has 0 aliphatic heterocycles. The number of amides is 2. The maximum Gasteiger partial charge on any atom is 0.264 e. The predicted octanol–water partition coefficient (Wildman–Crippen LogP) is 5.57. The Morgan fingerprint density at radius 2 is 1.29 bits per heavy atom. The summed E-state index contributed by atoms with van der Waals surface area (Å²) in [7, 11) is -2.73. The number of nitrogens with one attached hydrogen (secondary N) is 1. The van der Waals surface area contributed by atoms with Gasteiger partial charge in [0.15, 0.2) is 0 Å². The Morgan fingerprint density at radius 1 is 0.780 bits per heavy atom. The molecule has 0 radical (unpaired) electrons. The number of benzene rings is 4. The second kappa shape index (κ2) is 13.7. The lowest BCUT2D eigenvalue weighted by molar-refractivity contribution is -0.139. The lowest BCUT2D eigenvalue weighted by atomic mass is 10.0. The van der Waals surface area contributed by atoms with E-state index in [1.54, 1.807) is 18.2 Å². The molecule has 0 aliphatic carbocycles. The molecule has 0 aromatic heterocycles. The minimum atomic E-state index is -4.23. The number of rotatable bonds is 11.